The van der Waals surface area contributed by atoms with Gasteiger partial charge in [-0.3, -0.25) is 4.79 Å². The number of aromatic nitrogens is 2. The summed E-state index contributed by atoms with van der Waals surface area (Å²) in [4.78, 5) is 13.6. The van der Waals surface area contributed by atoms with Gasteiger partial charge < -0.3 is 15.1 Å². The summed E-state index contributed by atoms with van der Waals surface area (Å²) in [7, 11) is 0. The molecule has 1 aromatic heterocycles. The van der Waals surface area contributed by atoms with E-state index >= 15 is 0 Å². The second-order valence-corrected chi connectivity index (χ2v) is 5.41. The third-order valence-electron chi connectivity index (χ3n) is 3.82. The van der Waals surface area contributed by atoms with Crippen molar-refractivity contribution >= 4 is 5.91 Å². The van der Waals surface area contributed by atoms with Crippen molar-refractivity contribution in [2.24, 2.45) is 0 Å². The highest BCUT2D eigenvalue weighted by molar-refractivity contribution is 5.95. The molecule has 0 saturated carbocycles. The Morgan fingerprint density at radius 3 is 2.70 bits per heavy atom. The molecular formula is C15H15F2N3O3. The number of carbonyl (C=O) groups excluding carboxylic acids is 1. The maximum absolute atomic E-state index is 13.5. The van der Waals surface area contributed by atoms with E-state index in [4.69, 9.17) is 0 Å². The Kier molecular flexibility index (Phi) is 3.99. The van der Waals surface area contributed by atoms with Crippen molar-refractivity contribution in [1.82, 2.24) is 14.7 Å². The fraction of sp³-hybridized carbons (Fsp3) is 0.333. The van der Waals surface area contributed by atoms with Crippen LogP contribution < -0.4 is 0 Å². The number of rotatable bonds is 3. The molecule has 1 saturated heterocycles. The van der Waals surface area contributed by atoms with E-state index in [1.165, 1.54) is 40.0 Å². The van der Waals surface area contributed by atoms with Gasteiger partial charge in [0.15, 0.2) is 11.4 Å². The fourth-order valence-corrected chi connectivity index (χ4v) is 2.66. The van der Waals surface area contributed by atoms with Crippen molar-refractivity contribution < 1.29 is 23.8 Å². The molecule has 6 nitrogen and oxygen atoms in total. The zero-order valence-electron chi connectivity index (χ0n) is 12.1. The maximum Gasteiger partial charge on any atom is 0.278 e. The van der Waals surface area contributed by atoms with Crippen LogP contribution in [0.3, 0.4) is 0 Å². The summed E-state index contributed by atoms with van der Waals surface area (Å²) in [5, 5.41) is 23.2. The van der Waals surface area contributed by atoms with Crippen LogP contribution in [0.5, 0.6) is 5.75 Å². The molecule has 2 aromatic rings. The minimum Gasteiger partial charge on any atom is -0.504 e. The monoisotopic (exact) mass is 323 g/mol. The van der Waals surface area contributed by atoms with Crippen LogP contribution >= 0.6 is 0 Å². The quantitative estimate of drug-likeness (QED) is 0.891. The Balaban J connectivity index is 1.88. The lowest BCUT2D eigenvalue weighted by molar-refractivity contribution is 0.0663. The van der Waals surface area contributed by atoms with Crippen LogP contribution in [0.25, 0.3) is 5.69 Å². The summed E-state index contributed by atoms with van der Waals surface area (Å²) >= 11 is 0. The van der Waals surface area contributed by atoms with Gasteiger partial charge in [-0.25, -0.2) is 13.5 Å². The summed E-state index contributed by atoms with van der Waals surface area (Å²) in [6.45, 7) is -0.501. The van der Waals surface area contributed by atoms with Crippen molar-refractivity contribution in [2.45, 2.75) is 18.6 Å². The predicted octanol–water partition coefficient (Wildman–Crippen LogP) is 1.26. The molecule has 2 N–H and O–H groups in total. The first kappa shape index (κ1) is 15.4. The maximum atomic E-state index is 13.5. The fourth-order valence-electron chi connectivity index (χ4n) is 2.66. The number of nitrogens with zero attached hydrogens (tertiary/aromatic N) is 3. The van der Waals surface area contributed by atoms with Crippen LogP contribution in [0.1, 0.15) is 16.9 Å². The van der Waals surface area contributed by atoms with E-state index in [1.54, 1.807) is 0 Å². The second kappa shape index (κ2) is 5.96. The Hall–Kier alpha value is -2.48. The zero-order valence-corrected chi connectivity index (χ0v) is 12.1. The first-order chi connectivity index (χ1) is 11.0. The Bertz CT molecular complexity index is 717. The van der Waals surface area contributed by atoms with Crippen molar-refractivity contribution in [3.63, 3.8) is 0 Å². The van der Waals surface area contributed by atoms with Gasteiger partial charge in [-0.2, -0.15) is 5.10 Å². The average molecular weight is 323 g/mol. The first-order valence-electron chi connectivity index (χ1n) is 7.10. The van der Waals surface area contributed by atoms with Crippen LogP contribution in [0.2, 0.25) is 0 Å². The molecule has 0 spiro atoms. The normalized spacial score (nSPS) is 20.9. The summed E-state index contributed by atoms with van der Waals surface area (Å²) in [5.74, 6) is -1.43. The molecule has 1 fully saturated rings. The SMILES string of the molecule is O=C(c1nn(-c2ccc(F)cc2)cc1O)N1C[C@@H](F)C[C@H]1CO. The number of halogens is 2. The number of carbonyl (C=O) groups is 1. The molecule has 1 aliphatic rings. The van der Waals surface area contributed by atoms with Crippen LogP contribution in [0.15, 0.2) is 30.5 Å². The highest BCUT2D eigenvalue weighted by Crippen LogP contribution is 2.26. The van der Waals surface area contributed by atoms with E-state index in [0.29, 0.717) is 5.69 Å². The third kappa shape index (κ3) is 2.89. The Morgan fingerprint density at radius 1 is 1.35 bits per heavy atom. The number of likely N-dealkylation sites (tertiary alicyclic amines) is 1. The molecule has 1 aromatic carbocycles. The molecule has 23 heavy (non-hydrogen) atoms. The molecule has 8 heteroatoms. The summed E-state index contributed by atoms with van der Waals surface area (Å²) < 4.78 is 27.6. The van der Waals surface area contributed by atoms with Crippen LogP contribution in [0, 0.1) is 5.82 Å². The van der Waals surface area contributed by atoms with Gasteiger partial charge in [0.05, 0.1) is 31.1 Å². The van der Waals surface area contributed by atoms with Gasteiger partial charge in [0.25, 0.3) is 5.91 Å². The molecule has 1 amide bonds. The number of hydrogen-bond acceptors (Lipinski definition) is 4. The van der Waals surface area contributed by atoms with Crippen molar-refractivity contribution in [3.8, 4) is 11.4 Å². The molecule has 1 aliphatic heterocycles. The van der Waals surface area contributed by atoms with Gasteiger partial charge in [0.1, 0.15) is 12.0 Å². The largest absolute Gasteiger partial charge is 0.504 e. The molecule has 2 atom stereocenters. The topological polar surface area (TPSA) is 78.6 Å². The van der Waals surface area contributed by atoms with Gasteiger partial charge in [-0.1, -0.05) is 0 Å². The molecule has 0 radical (unpaired) electrons. The number of aliphatic hydroxyl groups excluding tert-OH is 1. The van der Waals surface area contributed by atoms with Gasteiger partial charge in [0, 0.05) is 6.42 Å². The summed E-state index contributed by atoms with van der Waals surface area (Å²) in [5.41, 5.74) is 0.228. The van der Waals surface area contributed by atoms with E-state index in [1.807, 2.05) is 0 Å². The van der Waals surface area contributed by atoms with Crippen molar-refractivity contribution in [3.05, 3.63) is 42.0 Å². The van der Waals surface area contributed by atoms with E-state index < -0.39 is 23.9 Å². The number of amides is 1. The number of benzene rings is 1. The lowest BCUT2D eigenvalue weighted by Crippen LogP contribution is -2.38. The minimum absolute atomic E-state index is 0.0572. The number of hydrogen-bond donors (Lipinski definition) is 2. The van der Waals surface area contributed by atoms with E-state index in [-0.39, 0.29) is 31.0 Å². The molecular weight excluding hydrogens is 308 g/mol. The molecule has 2 heterocycles. The van der Waals surface area contributed by atoms with Crippen LogP contribution in [0.4, 0.5) is 8.78 Å². The number of aromatic hydroxyl groups is 1. The zero-order chi connectivity index (χ0) is 16.6. The molecule has 3 rings (SSSR count). The Morgan fingerprint density at radius 2 is 2.04 bits per heavy atom. The van der Waals surface area contributed by atoms with E-state index in [2.05, 4.69) is 5.10 Å². The number of aliphatic hydroxyl groups is 1. The smallest absolute Gasteiger partial charge is 0.278 e. The second-order valence-electron chi connectivity index (χ2n) is 5.41. The van der Waals surface area contributed by atoms with E-state index in [9.17, 15) is 23.8 Å². The predicted molar refractivity (Wildman–Crippen MR) is 76.6 cm³/mol. The Labute approximate surface area is 130 Å². The highest BCUT2D eigenvalue weighted by Gasteiger charge is 2.37. The number of alkyl halides is 1. The van der Waals surface area contributed by atoms with Crippen molar-refractivity contribution in [1.29, 1.82) is 0 Å². The summed E-state index contributed by atoms with van der Waals surface area (Å²) in [6, 6.07) is 4.71. The summed E-state index contributed by atoms with van der Waals surface area (Å²) in [6.07, 6.45) is 0.0662. The lowest BCUT2D eigenvalue weighted by Gasteiger charge is -2.21. The minimum atomic E-state index is -1.21. The highest BCUT2D eigenvalue weighted by atomic mass is 19.1. The van der Waals surface area contributed by atoms with Gasteiger partial charge in [-0.05, 0) is 24.3 Å². The molecule has 0 unspecified atom stereocenters. The standard InChI is InChI=1S/C15H15F2N3O3/c16-9-1-3-11(4-2-9)20-7-13(22)14(18-20)15(23)19-6-10(17)5-12(19)8-21/h1-4,7,10,12,21-22H,5-6,8H2/t10-,12-/m0/s1. The first-order valence-corrected chi connectivity index (χ1v) is 7.10. The average Bonchev–Trinajstić information content (AvgIpc) is 3.10. The molecule has 0 aliphatic carbocycles. The van der Waals surface area contributed by atoms with Crippen molar-refractivity contribution in [2.75, 3.05) is 13.2 Å². The third-order valence-corrected chi connectivity index (χ3v) is 3.82. The van der Waals surface area contributed by atoms with Gasteiger partial charge in [0.2, 0.25) is 0 Å². The van der Waals surface area contributed by atoms with E-state index in [0.717, 1.165) is 0 Å². The van der Waals surface area contributed by atoms with Crippen LogP contribution in [-0.2, 0) is 0 Å². The lowest BCUT2D eigenvalue weighted by atomic mass is 10.2. The molecule has 0 bridgehead atoms. The van der Waals surface area contributed by atoms with Gasteiger partial charge >= 0.3 is 0 Å². The molecule has 122 valence electrons. The van der Waals surface area contributed by atoms with Gasteiger partial charge in [-0.15, -0.1) is 0 Å². The van der Waals surface area contributed by atoms with Crippen LogP contribution in [-0.4, -0.2) is 56.2 Å².